The molecular weight excluding hydrogens is 427 g/mol. The van der Waals surface area contributed by atoms with Gasteiger partial charge in [-0.2, -0.15) is 0 Å². The van der Waals surface area contributed by atoms with Crippen LogP contribution in [0.4, 0.5) is 9.80 Å². The molecule has 148 valence electrons. The fourth-order valence-electron chi connectivity index (χ4n) is 2.94. The summed E-state index contributed by atoms with van der Waals surface area (Å²) in [6.45, 7) is 0.686. The largest absolute Gasteiger partial charge is 0.465 e. The maximum atomic E-state index is 12.7. The molecular formula is C18H16Cl2N2O5S. The molecule has 0 unspecified atom stereocenters. The van der Waals surface area contributed by atoms with Crippen LogP contribution >= 0.6 is 34.5 Å². The predicted octanol–water partition coefficient (Wildman–Crippen LogP) is 4.22. The zero-order valence-electron chi connectivity index (χ0n) is 15.0. The molecule has 1 N–H and O–H groups in total. The van der Waals surface area contributed by atoms with Gasteiger partial charge in [0.15, 0.2) is 0 Å². The van der Waals surface area contributed by atoms with Gasteiger partial charge in [-0.05, 0) is 30.2 Å². The molecule has 1 aromatic carbocycles. The first-order valence-corrected chi connectivity index (χ1v) is 9.75. The van der Waals surface area contributed by atoms with Gasteiger partial charge in [0, 0.05) is 16.4 Å². The van der Waals surface area contributed by atoms with Gasteiger partial charge < -0.3 is 19.7 Å². The molecule has 2 aromatic rings. The highest BCUT2D eigenvalue weighted by Gasteiger charge is 2.31. The first-order chi connectivity index (χ1) is 13.3. The second kappa shape index (κ2) is 8.38. The van der Waals surface area contributed by atoms with Gasteiger partial charge >= 0.3 is 12.1 Å². The summed E-state index contributed by atoms with van der Waals surface area (Å²) in [5.41, 5.74) is 1.28. The number of rotatable bonds is 3. The molecule has 1 aromatic heterocycles. The Morgan fingerprint density at radius 1 is 1.18 bits per heavy atom. The lowest BCUT2D eigenvalue weighted by Crippen LogP contribution is -2.35. The number of benzene rings is 1. The molecule has 1 aliphatic heterocycles. The molecule has 28 heavy (non-hydrogen) atoms. The molecule has 0 saturated heterocycles. The Bertz CT molecular complexity index is 960. The van der Waals surface area contributed by atoms with Crippen LogP contribution in [0.1, 0.15) is 31.2 Å². The number of carbonyl (C=O) groups excluding carboxylic acids is 3. The molecule has 0 saturated carbocycles. The van der Waals surface area contributed by atoms with Crippen molar-refractivity contribution in [1.82, 2.24) is 4.90 Å². The van der Waals surface area contributed by atoms with Crippen LogP contribution < -0.4 is 5.32 Å². The first-order valence-electron chi connectivity index (χ1n) is 8.17. The molecule has 10 heteroatoms. The molecule has 7 nitrogen and oxygen atoms in total. The van der Waals surface area contributed by atoms with E-state index in [1.807, 2.05) is 0 Å². The maximum absolute atomic E-state index is 12.7. The molecule has 3 rings (SSSR count). The average molecular weight is 443 g/mol. The van der Waals surface area contributed by atoms with Crippen LogP contribution in [0.2, 0.25) is 10.0 Å². The van der Waals surface area contributed by atoms with Crippen LogP contribution in [-0.4, -0.2) is 43.6 Å². The van der Waals surface area contributed by atoms with Gasteiger partial charge in [-0.1, -0.05) is 23.2 Å². The number of hydrogen-bond donors (Lipinski definition) is 1. The number of hydrogen-bond acceptors (Lipinski definition) is 6. The van der Waals surface area contributed by atoms with E-state index in [-0.39, 0.29) is 17.1 Å². The number of amides is 2. The van der Waals surface area contributed by atoms with Crippen LogP contribution in [0.25, 0.3) is 0 Å². The lowest BCUT2D eigenvalue weighted by Gasteiger charge is -2.25. The van der Waals surface area contributed by atoms with Gasteiger partial charge in [0.05, 0.1) is 36.9 Å². The van der Waals surface area contributed by atoms with Gasteiger partial charge in [-0.3, -0.25) is 4.79 Å². The Labute approximate surface area is 175 Å². The van der Waals surface area contributed by atoms with Crippen LogP contribution in [0.3, 0.4) is 0 Å². The number of esters is 1. The fourth-order valence-corrected chi connectivity index (χ4v) is 4.68. The first kappa shape index (κ1) is 20.4. The van der Waals surface area contributed by atoms with Gasteiger partial charge in [-0.15, -0.1) is 11.3 Å². The number of carbonyl (C=O) groups is 3. The van der Waals surface area contributed by atoms with Crippen LogP contribution in [-0.2, 0) is 22.4 Å². The molecule has 0 bridgehead atoms. The lowest BCUT2D eigenvalue weighted by atomic mass is 10.0. The second-order valence-electron chi connectivity index (χ2n) is 5.92. The van der Waals surface area contributed by atoms with Crippen LogP contribution in [0, 0.1) is 0 Å². The molecule has 1 aliphatic rings. The third-order valence-corrected chi connectivity index (χ3v) is 5.96. The number of thiophene rings is 1. The van der Waals surface area contributed by atoms with Gasteiger partial charge in [0.25, 0.3) is 5.91 Å². The molecule has 2 amide bonds. The van der Waals surface area contributed by atoms with E-state index in [2.05, 4.69) is 5.32 Å². The second-order valence-corrected chi connectivity index (χ2v) is 7.87. The van der Waals surface area contributed by atoms with Crippen molar-refractivity contribution in [1.29, 1.82) is 0 Å². The number of nitrogens with one attached hydrogen (secondary N) is 1. The van der Waals surface area contributed by atoms with E-state index in [0.717, 1.165) is 10.4 Å². The summed E-state index contributed by atoms with van der Waals surface area (Å²) < 4.78 is 9.65. The summed E-state index contributed by atoms with van der Waals surface area (Å²) in [5, 5.41) is 3.69. The van der Waals surface area contributed by atoms with Crippen molar-refractivity contribution in [3.05, 3.63) is 49.8 Å². The Kier molecular flexibility index (Phi) is 6.12. The summed E-state index contributed by atoms with van der Waals surface area (Å²) in [7, 11) is 2.59. The van der Waals surface area contributed by atoms with Gasteiger partial charge in [0.2, 0.25) is 0 Å². The summed E-state index contributed by atoms with van der Waals surface area (Å²) in [4.78, 5) is 39.1. The molecule has 0 fully saturated rings. The zero-order chi connectivity index (χ0) is 20.4. The molecule has 0 spiro atoms. The van der Waals surface area contributed by atoms with Crippen molar-refractivity contribution >= 4 is 57.5 Å². The normalized spacial score (nSPS) is 12.9. The Balaban J connectivity index is 1.94. The van der Waals surface area contributed by atoms with Crippen LogP contribution in [0.15, 0.2) is 18.2 Å². The highest BCUT2D eigenvalue weighted by atomic mass is 35.5. The van der Waals surface area contributed by atoms with E-state index in [4.69, 9.17) is 32.7 Å². The fraction of sp³-hybridized carbons (Fsp3) is 0.278. The minimum Gasteiger partial charge on any atom is -0.465 e. The highest BCUT2D eigenvalue weighted by Crippen LogP contribution is 2.38. The number of halogens is 2. The summed E-state index contributed by atoms with van der Waals surface area (Å²) in [5.74, 6) is -1.03. The minimum atomic E-state index is -0.554. The third-order valence-electron chi connectivity index (χ3n) is 4.28. The van der Waals surface area contributed by atoms with E-state index in [0.29, 0.717) is 28.6 Å². The molecule has 0 radical (unpaired) electrons. The third kappa shape index (κ3) is 3.94. The summed E-state index contributed by atoms with van der Waals surface area (Å²) >= 11 is 13.2. The van der Waals surface area contributed by atoms with Crippen molar-refractivity contribution in [3.63, 3.8) is 0 Å². The number of ether oxygens (including phenoxy) is 2. The Morgan fingerprint density at radius 3 is 2.57 bits per heavy atom. The lowest BCUT2D eigenvalue weighted by molar-refractivity contribution is 0.0600. The van der Waals surface area contributed by atoms with E-state index < -0.39 is 18.0 Å². The highest BCUT2D eigenvalue weighted by molar-refractivity contribution is 7.17. The molecule has 0 atom stereocenters. The molecule has 0 aliphatic carbocycles. The van der Waals surface area contributed by atoms with Crippen molar-refractivity contribution in [2.75, 3.05) is 26.1 Å². The SMILES string of the molecule is COC(=O)c1c(NC(=O)c2ccc(Cl)cc2Cl)sc2c1CCN(C(=O)OC)C2. The number of nitrogens with zero attached hydrogens (tertiary/aromatic N) is 1. The van der Waals surface area contributed by atoms with Crippen molar-refractivity contribution < 1.29 is 23.9 Å². The van der Waals surface area contributed by atoms with E-state index in [9.17, 15) is 14.4 Å². The Hall–Kier alpha value is -2.29. The summed E-state index contributed by atoms with van der Waals surface area (Å²) in [6.07, 6.45) is 0.000322. The standard InChI is InChI=1S/C18H16Cl2N2O5S/c1-26-17(24)14-11-5-6-22(18(25)27-2)8-13(11)28-16(14)21-15(23)10-4-3-9(19)7-12(10)20/h3-4,7H,5-6,8H2,1-2H3,(H,21,23). The minimum absolute atomic E-state index is 0.197. The summed E-state index contributed by atoms with van der Waals surface area (Å²) in [6, 6.07) is 4.52. The average Bonchev–Trinajstić information content (AvgIpc) is 3.03. The van der Waals surface area contributed by atoms with E-state index >= 15 is 0 Å². The van der Waals surface area contributed by atoms with Crippen molar-refractivity contribution in [2.24, 2.45) is 0 Å². The van der Waals surface area contributed by atoms with Crippen molar-refractivity contribution in [3.8, 4) is 0 Å². The number of fused-ring (bicyclic) bond motifs is 1. The monoisotopic (exact) mass is 442 g/mol. The number of anilines is 1. The van der Waals surface area contributed by atoms with E-state index in [1.165, 1.54) is 42.6 Å². The zero-order valence-corrected chi connectivity index (χ0v) is 17.3. The number of methoxy groups -OCH3 is 2. The van der Waals surface area contributed by atoms with Gasteiger partial charge in [0.1, 0.15) is 5.00 Å². The maximum Gasteiger partial charge on any atom is 0.409 e. The Morgan fingerprint density at radius 2 is 1.93 bits per heavy atom. The van der Waals surface area contributed by atoms with Gasteiger partial charge in [-0.25, -0.2) is 9.59 Å². The van der Waals surface area contributed by atoms with Crippen LogP contribution in [0.5, 0.6) is 0 Å². The molecule has 2 heterocycles. The topological polar surface area (TPSA) is 84.9 Å². The smallest absolute Gasteiger partial charge is 0.409 e. The van der Waals surface area contributed by atoms with Crippen molar-refractivity contribution in [2.45, 2.75) is 13.0 Å². The van der Waals surface area contributed by atoms with E-state index in [1.54, 1.807) is 6.07 Å². The quantitative estimate of drug-likeness (QED) is 0.719. The predicted molar refractivity (Wildman–Crippen MR) is 107 cm³/mol.